The summed E-state index contributed by atoms with van der Waals surface area (Å²) in [7, 11) is 2.32. The molecule has 0 aliphatic heterocycles. The van der Waals surface area contributed by atoms with Crippen molar-refractivity contribution in [1.29, 1.82) is 0 Å². The number of hydrogen-bond donors (Lipinski definition) is 4. The minimum absolute atomic E-state index is 0.0185. The maximum Gasteiger partial charge on any atom is 0.408 e. The van der Waals surface area contributed by atoms with Crippen molar-refractivity contribution < 1.29 is 38.2 Å². The maximum atomic E-state index is 12.1. The smallest absolute Gasteiger partial charge is 0.408 e. The molecule has 0 fully saturated rings. The summed E-state index contributed by atoms with van der Waals surface area (Å²) in [5.41, 5.74) is -0.764. The zero-order chi connectivity index (χ0) is 22.6. The largest absolute Gasteiger partial charge is 0.468 e. The van der Waals surface area contributed by atoms with Crippen molar-refractivity contribution in [3.63, 3.8) is 0 Å². The molecule has 0 aromatic rings. The van der Waals surface area contributed by atoms with Gasteiger partial charge in [0, 0.05) is 12.2 Å². The van der Waals surface area contributed by atoms with E-state index in [2.05, 4.69) is 38.1 Å². The van der Waals surface area contributed by atoms with Gasteiger partial charge in [0.05, 0.1) is 14.2 Å². The van der Waals surface area contributed by atoms with Crippen LogP contribution in [0.5, 0.6) is 0 Å². The number of nitrogens with one attached hydrogen (secondary N) is 3. The van der Waals surface area contributed by atoms with Crippen molar-refractivity contribution in [3.05, 3.63) is 0 Å². The normalized spacial score (nSPS) is 12.8. The van der Waals surface area contributed by atoms with E-state index in [4.69, 9.17) is 4.74 Å². The lowest BCUT2D eigenvalue weighted by Crippen LogP contribution is -2.49. The number of thiol groups is 1. The van der Waals surface area contributed by atoms with Crippen molar-refractivity contribution in [3.8, 4) is 0 Å². The molecule has 0 spiro atoms. The molecule has 12 heteroatoms. The van der Waals surface area contributed by atoms with E-state index in [1.54, 1.807) is 20.8 Å². The SMILES string of the molecule is COC(=O)CNC(=O)C(CS)NC(=O)CCC(NC(=O)OC(C)(C)C)C(=O)OC. The first-order valence-corrected chi connectivity index (χ1v) is 9.38. The zero-order valence-electron chi connectivity index (χ0n) is 17.2. The van der Waals surface area contributed by atoms with Gasteiger partial charge in [0.1, 0.15) is 24.2 Å². The Morgan fingerprint density at radius 3 is 2.07 bits per heavy atom. The van der Waals surface area contributed by atoms with Crippen LogP contribution < -0.4 is 16.0 Å². The van der Waals surface area contributed by atoms with Gasteiger partial charge in [0.25, 0.3) is 0 Å². The van der Waals surface area contributed by atoms with Crippen LogP contribution in [0.4, 0.5) is 4.79 Å². The fourth-order valence-corrected chi connectivity index (χ4v) is 2.19. The molecule has 29 heavy (non-hydrogen) atoms. The van der Waals surface area contributed by atoms with Gasteiger partial charge < -0.3 is 30.2 Å². The maximum absolute atomic E-state index is 12.1. The molecule has 0 saturated carbocycles. The van der Waals surface area contributed by atoms with Gasteiger partial charge in [-0.2, -0.15) is 12.6 Å². The van der Waals surface area contributed by atoms with Crippen LogP contribution in [-0.2, 0) is 33.4 Å². The average Bonchev–Trinajstić information content (AvgIpc) is 2.64. The first kappa shape index (κ1) is 26.5. The van der Waals surface area contributed by atoms with Gasteiger partial charge in [0.15, 0.2) is 0 Å². The van der Waals surface area contributed by atoms with Crippen molar-refractivity contribution in [1.82, 2.24) is 16.0 Å². The van der Waals surface area contributed by atoms with Crippen molar-refractivity contribution in [2.45, 2.75) is 51.3 Å². The molecule has 0 heterocycles. The van der Waals surface area contributed by atoms with Crippen LogP contribution in [0.1, 0.15) is 33.6 Å². The summed E-state index contributed by atoms with van der Waals surface area (Å²) >= 11 is 4.00. The molecule has 3 N–H and O–H groups in total. The van der Waals surface area contributed by atoms with E-state index < -0.39 is 47.5 Å². The second-order valence-corrected chi connectivity index (χ2v) is 7.22. The number of esters is 2. The molecule has 2 unspecified atom stereocenters. The summed E-state index contributed by atoms with van der Waals surface area (Å²) in [5.74, 6) is -2.58. The van der Waals surface area contributed by atoms with Crippen LogP contribution in [0.3, 0.4) is 0 Å². The molecule has 0 aromatic carbocycles. The number of rotatable bonds is 10. The molecule has 2 atom stereocenters. The first-order chi connectivity index (χ1) is 13.4. The highest BCUT2D eigenvalue weighted by Gasteiger charge is 2.26. The predicted molar refractivity (Wildman–Crippen MR) is 105 cm³/mol. The van der Waals surface area contributed by atoms with E-state index in [-0.39, 0.29) is 25.1 Å². The Kier molecular flexibility index (Phi) is 11.8. The summed E-state index contributed by atoms with van der Waals surface area (Å²) in [5, 5.41) is 7.09. The number of carbonyl (C=O) groups is 5. The summed E-state index contributed by atoms with van der Waals surface area (Å²) in [6.07, 6.45) is -1.10. The fourth-order valence-electron chi connectivity index (χ4n) is 1.93. The van der Waals surface area contributed by atoms with Crippen molar-refractivity contribution in [2.24, 2.45) is 0 Å². The second kappa shape index (κ2) is 12.9. The number of ether oxygens (including phenoxy) is 3. The van der Waals surface area contributed by atoms with Crippen molar-refractivity contribution in [2.75, 3.05) is 26.5 Å². The Morgan fingerprint density at radius 1 is 0.966 bits per heavy atom. The quantitative estimate of drug-likeness (QED) is 0.205. The Balaban J connectivity index is 4.72. The predicted octanol–water partition coefficient (Wildman–Crippen LogP) is -0.463. The van der Waals surface area contributed by atoms with Gasteiger partial charge in [-0.25, -0.2) is 9.59 Å². The third kappa shape index (κ3) is 11.8. The highest BCUT2D eigenvalue weighted by molar-refractivity contribution is 7.80. The highest BCUT2D eigenvalue weighted by atomic mass is 32.1. The van der Waals surface area contributed by atoms with E-state index in [0.29, 0.717) is 0 Å². The Hall–Kier alpha value is -2.50. The molecular formula is C17H29N3O8S. The lowest BCUT2D eigenvalue weighted by molar-refractivity contribution is -0.143. The number of amides is 3. The topological polar surface area (TPSA) is 149 Å². The zero-order valence-corrected chi connectivity index (χ0v) is 18.1. The number of carbonyl (C=O) groups excluding carboxylic acids is 5. The van der Waals surface area contributed by atoms with E-state index in [9.17, 15) is 24.0 Å². The Bertz CT molecular complexity index is 606. The molecule has 0 aliphatic carbocycles. The lowest BCUT2D eigenvalue weighted by Gasteiger charge is -2.22. The molecule has 0 radical (unpaired) electrons. The second-order valence-electron chi connectivity index (χ2n) is 6.86. The van der Waals surface area contributed by atoms with Crippen LogP contribution in [0.25, 0.3) is 0 Å². The van der Waals surface area contributed by atoms with Gasteiger partial charge in [0.2, 0.25) is 11.8 Å². The van der Waals surface area contributed by atoms with Gasteiger partial charge in [-0.05, 0) is 27.2 Å². The third-order valence-electron chi connectivity index (χ3n) is 3.31. The van der Waals surface area contributed by atoms with Gasteiger partial charge in [-0.1, -0.05) is 0 Å². The van der Waals surface area contributed by atoms with Gasteiger partial charge in [-0.15, -0.1) is 0 Å². The first-order valence-electron chi connectivity index (χ1n) is 8.75. The molecule has 0 saturated heterocycles. The van der Waals surface area contributed by atoms with Crippen LogP contribution in [0, 0.1) is 0 Å². The van der Waals surface area contributed by atoms with E-state index >= 15 is 0 Å². The van der Waals surface area contributed by atoms with Crippen LogP contribution in [-0.4, -0.2) is 74.0 Å². The van der Waals surface area contributed by atoms with Crippen molar-refractivity contribution >= 4 is 42.5 Å². The number of alkyl carbamates (subject to hydrolysis) is 1. The molecule has 0 bridgehead atoms. The molecule has 3 amide bonds. The standard InChI is InChI=1S/C17H29N3O8S/c1-17(2,3)28-16(25)20-10(15(24)27-5)6-7-12(21)19-11(9-29)14(23)18-8-13(22)26-4/h10-11,29H,6-9H2,1-5H3,(H,18,23)(H,19,21)(H,20,25). The Labute approximate surface area is 175 Å². The average molecular weight is 435 g/mol. The van der Waals surface area contributed by atoms with Gasteiger partial charge >= 0.3 is 18.0 Å². The molecule has 0 aromatic heterocycles. The van der Waals surface area contributed by atoms with Crippen LogP contribution >= 0.6 is 12.6 Å². The molecule has 166 valence electrons. The summed E-state index contributed by atoms with van der Waals surface area (Å²) in [6, 6.07) is -2.10. The third-order valence-corrected chi connectivity index (χ3v) is 3.67. The van der Waals surface area contributed by atoms with E-state index in [0.717, 1.165) is 7.11 Å². The van der Waals surface area contributed by atoms with E-state index in [1.165, 1.54) is 7.11 Å². The molecule has 11 nitrogen and oxygen atoms in total. The minimum atomic E-state index is -1.11. The van der Waals surface area contributed by atoms with E-state index in [1.807, 2.05) is 0 Å². The summed E-state index contributed by atoms with van der Waals surface area (Å²) in [4.78, 5) is 58.9. The fraction of sp³-hybridized carbons (Fsp3) is 0.706. The number of methoxy groups -OCH3 is 2. The number of hydrogen-bond acceptors (Lipinski definition) is 9. The lowest BCUT2D eigenvalue weighted by atomic mass is 10.1. The summed E-state index contributed by atoms with van der Waals surface area (Å²) < 4.78 is 14.1. The molecular weight excluding hydrogens is 406 g/mol. The minimum Gasteiger partial charge on any atom is -0.468 e. The molecule has 0 aliphatic rings. The highest BCUT2D eigenvalue weighted by Crippen LogP contribution is 2.08. The summed E-state index contributed by atoms with van der Waals surface area (Å²) in [6.45, 7) is 4.64. The van der Waals surface area contributed by atoms with Crippen LogP contribution in [0.2, 0.25) is 0 Å². The molecule has 0 rings (SSSR count). The monoisotopic (exact) mass is 435 g/mol. The van der Waals surface area contributed by atoms with Gasteiger partial charge in [-0.3, -0.25) is 14.4 Å². The van der Waals surface area contributed by atoms with Crippen LogP contribution in [0.15, 0.2) is 0 Å². The Morgan fingerprint density at radius 2 is 1.59 bits per heavy atom.